The van der Waals surface area contributed by atoms with Crippen LogP contribution in [-0.4, -0.2) is 93.1 Å². The van der Waals surface area contributed by atoms with E-state index in [-0.39, 0.29) is 36.7 Å². The van der Waals surface area contributed by atoms with Gasteiger partial charge in [-0.15, -0.1) is 0 Å². The summed E-state index contributed by atoms with van der Waals surface area (Å²) in [6.07, 6.45) is 5.61. The summed E-state index contributed by atoms with van der Waals surface area (Å²) in [4.78, 5) is 20.2. The van der Waals surface area contributed by atoms with Crippen LogP contribution in [-0.2, 0) is 4.74 Å². The number of anilines is 1. The number of aliphatic hydroxyl groups excluding tert-OH is 1. The van der Waals surface area contributed by atoms with Gasteiger partial charge in [-0.1, -0.05) is 6.92 Å². The Morgan fingerprint density at radius 2 is 1.86 bits per heavy atom. The van der Waals surface area contributed by atoms with Gasteiger partial charge >= 0.3 is 0 Å². The van der Waals surface area contributed by atoms with E-state index in [0.717, 1.165) is 44.0 Å². The summed E-state index contributed by atoms with van der Waals surface area (Å²) in [6.45, 7) is 9.24. The first kappa shape index (κ1) is 27.8. The van der Waals surface area contributed by atoms with Crippen LogP contribution in [0.2, 0.25) is 0 Å². The molecule has 0 bridgehead atoms. The number of aliphatic hydroxyl groups is 1. The molecule has 7 nitrogen and oxygen atoms in total. The average Bonchev–Trinajstić information content (AvgIpc) is 3.63. The van der Waals surface area contributed by atoms with E-state index < -0.39 is 0 Å². The number of carbonyl (C=O) groups excluding carboxylic acids is 1. The molecule has 2 aliphatic rings. The number of benzene rings is 1. The van der Waals surface area contributed by atoms with E-state index in [1.54, 1.807) is 4.90 Å². The van der Waals surface area contributed by atoms with E-state index in [1.807, 2.05) is 44.1 Å². The van der Waals surface area contributed by atoms with Crippen LogP contribution in [0.5, 0.6) is 5.75 Å². The summed E-state index contributed by atoms with van der Waals surface area (Å²) >= 11 is 0. The number of ether oxygens (including phenoxy) is 2. The highest BCUT2D eigenvalue weighted by Gasteiger charge is 2.31. The Morgan fingerprint density at radius 3 is 2.51 bits per heavy atom. The maximum atomic E-state index is 14.0. The Hall–Kier alpha value is -1.83. The standard InChI is InChI=1S/C28H47N3O4/c1-20-16-31(21(2)19-32)28(33)25-15-24(29(4)5)12-13-26(25)35-22(3)9-7-8-14-34-27(20)18-30(6)17-23-10-11-23/h12-13,15,20-23,27,32H,7-11,14,16-19H2,1-6H3/t20-,21+,22+,27-/m0/s1. The number of rotatable bonds is 7. The van der Waals surface area contributed by atoms with Crippen LogP contribution in [0.4, 0.5) is 5.69 Å². The average molecular weight is 490 g/mol. The van der Waals surface area contributed by atoms with Gasteiger partial charge in [-0.2, -0.15) is 0 Å². The van der Waals surface area contributed by atoms with Crippen LogP contribution in [0.25, 0.3) is 0 Å². The Bertz CT molecular complexity index is 813. The van der Waals surface area contributed by atoms with Crippen molar-refractivity contribution in [1.82, 2.24) is 9.80 Å². The highest BCUT2D eigenvalue weighted by molar-refractivity contribution is 5.98. The molecule has 198 valence electrons. The van der Waals surface area contributed by atoms with Gasteiger partial charge in [-0.25, -0.2) is 0 Å². The first-order valence-corrected chi connectivity index (χ1v) is 13.4. The van der Waals surface area contributed by atoms with Crippen LogP contribution in [0.3, 0.4) is 0 Å². The van der Waals surface area contributed by atoms with Crippen molar-refractivity contribution < 1.29 is 19.4 Å². The highest BCUT2D eigenvalue weighted by atomic mass is 16.5. The molecule has 0 unspecified atom stereocenters. The van der Waals surface area contributed by atoms with Crippen molar-refractivity contribution in [3.63, 3.8) is 0 Å². The topological polar surface area (TPSA) is 65.5 Å². The maximum absolute atomic E-state index is 14.0. The van der Waals surface area contributed by atoms with Gasteiger partial charge in [-0.3, -0.25) is 4.79 Å². The molecule has 0 spiro atoms. The molecule has 35 heavy (non-hydrogen) atoms. The molecule has 0 saturated heterocycles. The number of hydrogen-bond donors (Lipinski definition) is 1. The second-order valence-corrected chi connectivity index (χ2v) is 11.0. The van der Waals surface area contributed by atoms with E-state index in [4.69, 9.17) is 9.47 Å². The lowest BCUT2D eigenvalue weighted by Crippen LogP contribution is -2.47. The van der Waals surface area contributed by atoms with Gasteiger partial charge in [0.2, 0.25) is 0 Å². The molecule has 1 amide bonds. The SMILES string of the molecule is C[C@@H]1CCCCO[C@@H](CN(C)CC2CC2)[C@@H](C)CN([C@H](C)CO)C(=O)c2cc(N(C)C)ccc2O1. The molecule has 1 N–H and O–H groups in total. The molecule has 0 radical (unpaired) electrons. The molecule has 1 saturated carbocycles. The van der Waals surface area contributed by atoms with Gasteiger partial charge < -0.3 is 29.3 Å². The molecule has 0 aromatic heterocycles. The van der Waals surface area contributed by atoms with E-state index in [0.29, 0.717) is 24.5 Å². The molecule has 1 fully saturated rings. The largest absolute Gasteiger partial charge is 0.490 e. The van der Waals surface area contributed by atoms with Crippen molar-refractivity contribution in [3.8, 4) is 5.75 Å². The minimum atomic E-state index is -0.309. The first-order chi connectivity index (χ1) is 16.7. The van der Waals surface area contributed by atoms with Gasteiger partial charge in [0.15, 0.2) is 0 Å². The first-order valence-electron chi connectivity index (χ1n) is 13.4. The van der Waals surface area contributed by atoms with Crippen molar-refractivity contribution in [2.45, 2.75) is 71.1 Å². The third-order valence-corrected chi connectivity index (χ3v) is 7.31. The van der Waals surface area contributed by atoms with E-state index >= 15 is 0 Å². The number of likely N-dealkylation sites (N-methyl/N-ethyl adjacent to an activating group) is 1. The third kappa shape index (κ3) is 8.09. The zero-order chi connectivity index (χ0) is 25.5. The fourth-order valence-corrected chi connectivity index (χ4v) is 4.77. The zero-order valence-electron chi connectivity index (χ0n) is 22.7. The van der Waals surface area contributed by atoms with E-state index in [2.05, 4.69) is 25.8 Å². The van der Waals surface area contributed by atoms with Crippen molar-refractivity contribution in [1.29, 1.82) is 0 Å². The smallest absolute Gasteiger partial charge is 0.258 e. The predicted molar refractivity (Wildman–Crippen MR) is 141 cm³/mol. The maximum Gasteiger partial charge on any atom is 0.258 e. The molecule has 1 aliphatic carbocycles. The van der Waals surface area contributed by atoms with Crippen LogP contribution in [0, 0.1) is 11.8 Å². The summed E-state index contributed by atoms with van der Waals surface area (Å²) < 4.78 is 12.7. The second-order valence-electron chi connectivity index (χ2n) is 11.0. The van der Waals surface area contributed by atoms with Crippen LogP contribution >= 0.6 is 0 Å². The third-order valence-electron chi connectivity index (χ3n) is 7.31. The van der Waals surface area contributed by atoms with Gasteiger partial charge in [0.25, 0.3) is 5.91 Å². The van der Waals surface area contributed by atoms with Gasteiger partial charge in [0.1, 0.15) is 5.75 Å². The number of nitrogens with zero attached hydrogens (tertiary/aromatic N) is 3. The lowest BCUT2D eigenvalue weighted by molar-refractivity contribution is -0.0172. The summed E-state index contributed by atoms with van der Waals surface area (Å²) in [5, 5.41) is 10.0. The molecular weight excluding hydrogens is 442 g/mol. The number of fused-ring (bicyclic) bond motifs is 1. The fraction of sp³-hybridized carbons (Fsp3) is 0.750. The zero-order valence-corrected chi connectivity index (χ0v) is 22.7. The number of amides is 1. The Morgan fingerprint density at radius 1 is 1.11 bits per heavy atom. The summed E-state index contributed by atoms with van der Waals surface area (Å²) in [7, 11) is 6.11. The van der Waals surface area contributed by atoms with Crippen LogP contribution in [0.15, 0.2) is 18.2 Å². The molecule has 1 aromatic carbocycles. The molecular formula is C28H47N3O4. The Balaban J connectivity index is 1.91. The Kier molecular flexibility index (Phi) is 10.3. The van der Waals surface area contributed by atoms with E-state index in [9.17, 15) is 9.90 Å². The molecule has 7 heteroatoms. The van der Waals surface area contributed by atoms with E-state index in [1.165, 1.54) is 12.8 Å². The monoisotopic (exact) mass is 489 g/mol. The van der Waals surface area contributed by atoms with Crippen molar-refractivity contribution in [3.05, 3.63) is 23.8 Å². The summed E-state index contributed by atoms with van der Waals surface area (Å²) in [5.74, 6) is 1.46. The molecule has 4 atom stereocenters. The van der Waals surface area contributed by atoms with Crippen molar-refractivity contribution in [2.75, 3.05) is 58.9 Å². The second kappa shape index (κ2) is 12.9. The van der Waals surface area contributed by atoms with Gasteiger partial charge in [0.05, 0.1) is 30.4 Å². The molecule has 1 aromatic rings. The number of carbonyl (C=O) groups is 1. The summed E-state index contributed by atoms with van der Waals surface area (Å²) in [6, 6.07) is 5.50. The number of hydrogen-bond acceptors (Lipinski definition) is 6. The van der Waals surface area contributed by atoms with Gasteiger partial charge in [0, 0.05) is 51.9 Å². The van der Waals surface area contributed by atoms with Crippen molar-refractivity contribution >= 4 is 11.6 Å². The molecule has 1 heterocycles. The highest BCUT2D eigenvalue weighted by Crippen LogP contribution is 2.31. The molecule has 3 rings (SSSR count). The van der Waals surface area contributed by atoms with Gasteiger partial charge in [-0.05, 0) is 77.1 Å². The Labute approximate surface area is 212 Å². The van der Waals surface area contributed by atoms with Crippen LogP contribution < -0.4 is 9.64 Å². The minimum Gasteiger partial charge on any atom is -0.490 e. The quantitative estimate of drug-likeness (QED) is 0.627. The summed E-state index contributed by atoms with van der Waals surface area (Å²) in [5.41, 5.74) is 1.50. The predicted octanol–water partition coefficient (Wildman–Crippen LogP) is 3.89. The lowest BCUT2D eigenvalue weighted by atomic mass is 10.0. The van der Waals surface area contributed by atoms with Crippen molar-refractivity contribution in [2.24, 2.45) is 11.8 Å². The lowest BCUT2D eigenvalue weighted by Gasteiger charge is -2.36. The fourth-order valence-electron chi connectivity index (χ4n) is 4.77. The van der Waals surface area contributed by atoms with Crippen LogP contribution in [0.1, 0.15) is 63.2 Å². The minimum absolute atomic E-state index is 0.00203. The molecule has 1 aliphatic heterocycles. The normalized spacial score (nSPS) is 25.5.